The molecule has 6 heteroatoms. The summed E-state index contributed by atoms with van der Waals surface area (Å²) in [4.78, 5) is 11.4. The van der Waals surface area contributed by atoms with Gasteiger partial charge in [-0.25, -0.2) is 4.79 Å². The van der Waals surface area contributed by atoms with E-state index >= 15 is 0 Å². The maximum atomic E-state index is 11.4. The summed E-state index contributed by atoms with van der Waals surface area (Å²) in [7, 11) is 0. The summed E-state index contributed by atoms with van der Waals surface area (Å²) in [6.07, 6.45) is -0.211. The van der Waals surface area contributed by atoms with Crippen LogP contribution in [-0.2, 0) is 19.0 Å². The van der Waals surface area contributed by atoms with Crippen LogP contribution in [0.15, 0.2) is 11.8 Å². The van der Waals surface area contributed by atoms with Gasteiger partial charge >= 0.3 is 5.97 Å². The predicted molar refractivity (Wildman–Crippen MR) is 60.1 cm³/mol. The van der Waals surface area contributed by atoms with Crippen LogP contribution in [0.3, 0.4) is 0 Å². The summed E-state index contributed by atoms with van der Waals surface area (Å²) < 4.78 is 15.0. The summed E-state index contributed by atoms with van der Waals surface area (Å²) in [5.74, 6) is -0.632. The molecule has 0 heterocycles. The molecule has 0 atom stereocenters. The molecule has 0 bridgehead atoms. The molecule has 0 rings (SSSR count). The van der Waals surface area contributed by atoms with E-state index in [0.717, 1.165) is 0 Å². The van der Waals surface area contributed by atoms with Crippen molar-refractivity contribution in [2.75, 3.05) is 19.8 Å². The van der Waals surface area contributed by atoms with E-state index < -0.39 is 12.3 Å². The van der Waals surface area contributed by atoms with E-state index in [2.05, 4.69) is 0 Å². The van der Waals surface area contributed by atoms with Crippen molar-refractivity contribution in [3.8, 4) is 0 Å². The Balaban J connectivity index is 0. The van der Waals surface area contributed by atoms with Gasteiger partial charge in [0.1, 0.15) is 5.57 Å². The molecule has 0 unspecified atom stereocenters. The van der Waals surface area contributed by atoms with Crippen LogP contribution in [0.1, 0.15) is 20.8 Å². The fraction of sp³-hybridized carbons (Fsp3) is 0.700. The first-order valence-corrected chi connectivity index (χ1v) is 4.95. The van der Waals surface area contributed by atoms with Gasteiger partial charge in [0, 0.05) is 42.8 Å². The van der Waals surface area contributed by atoms with Gasteiger partial charge in [-0.3, -0.25) is 0 Å². The fourth-order valence-corrected chi connectivity index (χ4v) is 0.955. The van der Waals surface area contributed by atoms with Crippen LogP contribution in [0.25, 0.3) is 0 Å². The van der Waals surface area contributed by atoms with E-state index in [0.29, 0.717) is 19.5 Å². The van der Waals surface area contributed by atoms with Crippen molar-refractivity contribution >= 4 is 35.5 Å². The number of carbonyl (C=O) groups is 1. The molecule has 0 spiro atoms. The molecule has 0 saturated carbocycles. The minimum absolute atomic E-state index is 0. The minimum atomic E-state index is -0.871. The van der Waals surface area contributed by atoms with Gasteiger partial charge in [0.15, 0.2) is 6.29 Å². The minimum Gasteiger partial charge on any atom is -0.515 e. The standard InChI is InChI=1S/C10H18O5.Na/c1-4-13-9(12)8(7-11)10(14-5-2)15-6-3;/h7,10-11H,4-6H2,1-3H3;. The van der Waals surface area contributed by atoms with Crippen LogP contribution >= 0.6 is 0 Å². The molecule has 0 aromatic carbocycles. The number of ether oxygens (including phenoxy) is 3. The monoisotopic (exact) mass is 241 g/mol. The number of carbonyl (C=O) groups excluding carboxylic acids is 1. The first-order chi connectivity index (χ1) is 7.21. The average molecular weight is 241 g/mol. The van der Waals surface area contributed by atoms with Crippen LogP contribution in [0.2, 0.25) is 0 Å². The third-order valence-electron chi connectivity index (χ3n) is 1.54. The van der Waals surface area contributed by atoms with E-state index in [-0.39, 0.29) is 41.7 Å². The molecule has 0 amide bonds. The molecule has 0 aromatic rings. The number of hydrogen-bond acceptors (Lipinski definition) is 5. The maximum Gasteiger partial charge on any atom is 0.342 e. The zero-order valence-corrected chi connectivity index (χ0v) is 12.4. The molecule has 0 aliphatic carbocycles. The predicted octanol–water partition coefficient (Wildman–Crippen LogP) is 1.01. The van der Waals surface area contributed by atoms with Crippen molar-refractivity contribution in [2.45, 2.75) is 27.1 Å². The number of aliphatic hydroxyl groups excluding tert-OH is 1. The second-order valence-electron chi connectivity index (χ2n) is 2.55. The van der Waals surface area contributed by atoms with E-state index in [1.807, 2.05) is 0 Å². The van der Waals surface area contributed by atoms with Gasteiger partial charge < -0.3 is 19.3 Å². The van der Waals surface area contributed by atoms with Crippen molar-refractivity contribution in [3.05, 3.63) is 11.8 Å². The van der Waals surface area contributed by atoms with Gasteiger partial charge in [0.2, 0.25) is 0 Å². The molecule has 0 saturated heterocycles. The third kappa shape index (κ3) is 6.50. The first-order valence-electron chi connectivity index (χ1n) is 4.95. The van der Waals surface area contributed by atoms with Crippen molar-refractivity contribution in [1.29, 1.82) is 0 Å². The third-order valence-corrected chi connectivity index (χ3v) is 1.54. The Morgan fingerprint density at radius 3 is 2.00 bits per heavy atom. The van der Waals surface area contributed by atoms with Gasteiger partial charge in [-0.2, -0.15) is 0 Å². The molecule has 0 fully saturated rings. The Kier molecular flexibility index (Phi) is 13.1. The normalized spacial score (nSPS) is 11.1. The summed E-state index contributed by atoms with van der Waals surface area (Å²) in [5, 5.41) is 8.92. The Bertz CT molecular complexity index is 211. The zero-order valence-electron chi connectivity index (χ0n) is 10.4. The molecular weight excluding hydrogens is 223 g/mol. The largest absolute Gasteiger partial charge is 0.515 e. The van der Waals surface area contributed by atoms with Crippen molar-refractivity contribution < 1.29 is 24.1 Å². The van der Waals surface area contributed by atoms with Crippen molar-refractivity contribution in [1.82, 2.24) is 0 Å². The molecule has 16 heavy (non-hydrogen) atoms. The summed E-state index contributed by atoms with van der Waals surface area (Å²) in [5.41, 5.74) is -0.0273. The topological polar surface area (TPSA) is 65.0 Å². The Labute approximate surface area is 118 Å². The number of rotatable bonds is 7. The molecule has 0 aliphatic rings. The van der Waals surface area contributed by atoms with Gasteiger partial charge in [0.25, 0.3) is 0 Å². The molecule has 0 aliphatic heterocycles. The fourth-order valence-electron chi connectivity index (χ4n) is 0.955. The number of aliphatic hydroxyl groups is 1. The van der Waals surface area contributed by atoms with E-state index in [9.17, 15) is 4.79 Å². The summed E-state index contributed by atoms with van der Waals surface area (Å²) >= 11 is 0. The molecule has 0 aromatic heterocycles. The van der Waals surface area contributed by atoms with E-state index in [1.54, 1.807) is 20.8 Å². The van der Waals surface area contributed by atoms with Crippen molar-refractivity contribution in [3.63, 3.8) is 0 Å². The van der Waals surface area contributed by atoms with Gasteiger partial charge in [-0.05, 0) is 20.8 Å². The van der Waals surface area contributed by atoms with E-state index in [1.165, 1.54) is 0 Å². The van der Waals surface area contributed by atoms with Crippen LogP contribution in [0.5, 0.6) is 0 Å². The van der Waals surface area contributed by atoms with Crippen LogP contribution in [-0.4, -0.2) is 66.7 Å². The maximum absolute atomic E-state index is 11.4. The Morgan fingerprint density at radius 2 is 1.69 bits per heavy atom. The smallest absolute Gasteiger partial charge is 0.342 e. The first kappa shape index (κ1) is 18.3. The molecule has 89 valence electrons. The number of esters is 1. The summed E-state index contributed by atoms with van der Waals surface area (Å²) in [6.45, 7) is 6.21. The Hall–Kier alpha value is -0.0700. The van der Waals surface area contributed by atoms with Gasteiger partial charge in [0.05, 0.1) is 12.9 Å². The SMILES string of the molecule is CCOC(=O)C(=CO)C(OCC)OCC.[Na]. The number of hydrogen-bond donors (Lipinski definition) is 1. The molecule has 1 radical (unpaired) electrons. The van der Waals surface area contributed by atoms with Gasteiger partial charge in [-0.1, -0.05) is 0 Å². The zero-order chi connectivity index (χ0) is 11.7. The van der Waals surface area contributed by atoms with E-state index in [4.69, 9.17) is 19.3 Å². The Morgan fingerprint density at radius 1 is 1.19 bits per heavy atom. The molecule has 5 nitrogen and oxygen atoms in total. The average Bonchev–Trinajstić information content (AvgIpc) is 2.20. The quantitative estimate of drug-likeness (QED) is 0.237. The second kappa shape index (κ2) is 11.4. The second-order valence-corrected chi connectivity index (χ2v) is 2.55. The summed E-state index contributed by atoms with van der Waals surface area (Å²) in [6, 6.07) is 0. The van der Waals surface area contributed by atoms with Gasteiger partial charge in [-0.15, -0.1) is 0 Å². The van der Waals surface area contributed by atoms with Crippen LogP contribution in [0.4, 0.5) is 0 Å². The molecule has 1 N–H and O–H groups in total. The van der Waals surface area contributed by atoms with Crippen LogP contribution < -0.4 is 0 Å². The van der Waals surface area contributed by atoms with Crippen molar-refractivity contribution in [2.24, 2.45) is 0 Å². The van der Waals surface area contributed by atoms with Crippen LogP contribution in [0, 0.1) is 0 Å². The molecular formula is C10H18NaO5.